The summed E-state index contributed by atoms with van der Waals surface area (Å²) >= 11 is 1.53. The van der Waals surface area contributed by atoms with Gasteiger partial charge in [0.25, 0.3) is 5.91 Å². The van der Waals surface area contributed by atoms with E-state index in [4.69, 9.17) is 9.47 Å². The summed E-state index contributed by atoms with van der Waals surface area (Å²) in [6, 6.07) is 4.86. The second-order valence-corrected chi connectivity index (χ2v) is 6.11. The Morgan fingerprint density at radius 1 is 1.24 bits per heavy atom. The molecule has 1 amide bonds. The molecule has 7 heteroatoms. The van der Waals surface area contributed by atoms with E-state index >= 15 is 0 Å². The number of carbonyl (C=O) groups excluding carboxylic acids is 1. The quantitative estimate of drug-likeness (QED) is 0.871. The Labute approximate surface area is 125 Å². The normalized spacial score (nSPS) is 23.6. The second-order valence-electron chi connectivity index (χ2n) is 5.00. The average Bonchev–Trinajstić information content (AvgIpc) is 2.96. The molecular formula is C14H15NO5S. The molecule has 6 nitrogen and oxygen atoms in total. The molecule has 1 aromatic carbocycles. The lowest BCUT2D eigenvalue weighted by Gasteiger charge is -2.25. The van der Waals surface area contributed by atoms with Crippen LogP contribution in [0.4, 0.5) is 0 Å². The van der Waals surface area contributed by atoms with Crippen LogP contribution < -0.4 is 14.8 Å². The highest BCUT2D eigenvalue weighted by Crippen LogP contribution is 2.32. The number of carboxylic acids is 1. The molecule has 0 unspecified atom stereocenters. The molecule has 1 fully saturated rings. The zero-order valence-corrected chi connectivity index (χ0v) is 12.1. The Morgan fingerprint density at radius 2 is 2.00 bits per heavy atom. The highest BCUT2D eigenvalue weighted by molar-refractivity contribution is 7.99. The van der Waals surface area contributed by atoms with E-state index in [-0.39, 0.29) is 0 Å². The van der Waals surface area contributed by atoms with Crippen molar-refractivity contribution in [3.63, 3.8) is 0 Å². The van der Waals surface area contributed by atoms with Crippen LogP contribution in [0.1, 0.15) is 16.8 Å². The first-order valence-electron chi connectivity index (χ1n) is 6.64. The highest BCUT2D eigenvalue weighted by Gasteiger charge is 2.43. The summed E-state index contributed by atoms with van der Waals surface area (Å²) in [5.41, 5.74) is -0.800. The maximum atomic E-state index is 12.3. The number of amides is 1. The van der Waals surface area contributed by atoms with E-state index in [1.54, 1.807) is 18.2 Å². The molecule has 1 atom stereocenters. The Bertz CT molecular complexity index is 583. The van der Waals surface area contributed by atoms with Crippen molar-refractivity contribution in [3.05, 3.63) is 23.8 Å². The standard InChI is InChI=1S/C14H15NO5S/c16-12(15-14(13(17)18)3-6-21-8-14)9-1-2-10-11(7-9)20-5-4-19-10/h1-2,7H,3-6,8H2,(H,15,16)(H,17,18)/t14-/m0/s1. The van der Waals surface area contributed by atoms with Gasteiger partial charge in [-0.05, 0) is 30.4 Å². The topological polar surface area (TPSA) is 84.9 Å². The van der Waals surface area contributed by atoms with Crippen molar-refractivity contribution in [3.8, 4) is 11.5 Å². The predicted molar refractivity (Wildman–Crippen MR) is 77.2 cm³/mol. The van der Waals surface area contributed by atoms with Gasteiger partial charge in [0.15, 0.2) is 11.5 Å². The predicted octanol–water partition coefficient (Wildman–Crippen LogP) is 1.15. The third-order valence-electron chi connectivity index (χ3n) is 3.59. The van der Waals surface area contributed by atoms with Crippen molar-refractivity contribution in [1.29, 1.82) is 0 Å². The van der Waals surface area contributed by atoms with Gasteiger partial charge in [0.05, 0.1) is 0 Å². The molecule has 2 aliphatic heterocycles. The number of aliphatic carboxylic acids is 1. The summed E-state index contributed by atoms with van der Waals surface area (Å²) in [4.78, 5) is 23.8. The number of carbonyl (C=O) groups is 2. The number of thioether (sulfide) groups is 1. The van der Waals surface area contributed by atoms with Crippen LogP contribution in [0.2, 0.25) is 0 Å². The monoisotopic (exact) mass is 309 g/mol. The van der Waals surface area contributed by atoms with Crippen LogP contribution in [0.25, 0.3) is 0 Å². The Hall–Kier alpha value is -1.89. The summed E-state index contributed by atoms with van der Waals surface area (Å²) in [5, 5.41) is 12.0. The van der Waals surface area contributed by atoms with Gasteiger partial charge in [-0.3, -0.25) is 4.79 Å². The molecule has 1 aromatic rings. The molecule has 3 rings (SSSR count). The molecule has 1 saturated heterocycles. The number of nitrogens with one attached hydrogen (secondary N) is 1. The minimum atomic E-state index is -1.17. The number of fused-ring (bicyclic) bond motifs is 1. The maximum absolute atomic E-state index is 12.3. The molecular weight excluding hydrogens is 294 g/mol. The van der Waals surface area contributed by atoms with Gasteiger partial charge in [-0.25, -0.2) is 4.79 Å². The number of hydrogen-bond donors (Lipinski definition) is 2. The van der Waals surface area contributed by atoms with Crippen LogP contribution in [-0.2, 0) is 4.79 Å². The summed E-state index contributed by atoms with van der Waals surface area (Å²) in [5.74, 6) is 0.836. The van der Waals surface area contributed by atoms with Crippen molar-refractivity contribution in [2.75, 3.05) is 24.7 Å². The van der Waals surface area contributed by atoms with Crippen LogP contribution >= 0.6 is 11.8 Å². The minimum Gasteiger partial charge on any atom is -0.486 e. The molecule has 112 valence electrons. The van der Waals surface area contributed by atoms with Crippen LogP contribution in [0.15, 0.2) is 18.2 Å². The van der Waals surface area contributed by atoms with Crippen LogP contribution in [0, 0.1) is 0 Å². The van der Waals surface area contributed by atoms with E-state index in [0.29, 0.717) is 42.4 Å². The first kappa shape index (κ1) is 14.1. The number of rotatable bonds is 3. The van der Waals surface area contributed by atoms with Crippen LogP contribution in [-0.4, -0.2) is 47.2 Å². The molecule has 2 heterocycles. The lowest BCUT2D eigenvalue weighted by molar-refractivity contribution is -0.143. The van der Waals surface area contributed by atoms with Crippen molar-refractivity contribution in [2.45, 2.75) is 12.0 Å². The summed E-state index contributed by atoms with van der Waals surface area (Å²) < 4.78 is 10.8. The molecule has 21 heavy (non-hydrogen) atoms. The summed E-state index contributed by atoms with van der Waals surface area (Å²) in [6.07, 6.45) is 0.434. The highest BCUT2D eigenvalue weighted by atomic mass is 32.2. The molecule has 0 spiro atoms. The molecule has 0 saturated carbocycles. The van der Waals surface area contributed by atoms with Crippen LogP contribution in [0.3, 0.4) is 0 Å². The number of benzene rings is 1. The molecule has 2 aliphatic rings. The van der Waals surface area contributed by atoms with E-state index in [9.17, 15) is 14.7 Å². The smallest absolute Gasteiger partial charge is 0.330 e. The number of carboxylic acid groups (broad SMARTS) is 1. The largest absolute Gasteiger partial charge is 0.486 e. The number of hydrogen-bond acceptors (Lipinski definition) is 5. The lowest BCUT2D eigenvalue weighted by Crippen LogP contribution is -2.54. The lowest BCUT2D eigenvalue weighted by atomic mass is 9.98. The zero-order chi connectivity index (χ0) is 14.9. The van der Waals surface area contributed by atoms with Crippen molar-refractivity contribution in [1.82, 2.24) is 5.32 Å². The van der Waals surface area contributed by atoms with Gasteiger partial charge in [-0.2, -0.15) is 11.8 Å². The fourth-order valence-corrected chi connectivity index (χ4v) is 3.69. The van der Waals surface area contributed by atoms with Crippen molar-refractivity contribution < 1.29 is 24.2 Å². The van der Waals surface area contributed by atoms with E-state index in [0.717, 1.165) is 5.75 Å². The summed E-state index contributed by atoms with van der Waals surface area (Å²) in [6.45, 7) is 0.922. The average molecular weight is 309 g/mol. The van der Waals surface area contributed by atoms with E-state index in [1.165, 1.54) is 11.8 Å². The fraction of sp³-hybridized carbons (Fsp3) is 0.429. The van der Waals surface area contributed by atoms with Gasteiger partial charge in [0, 0.05) is 11.3 Å². The second kappa shape index (κ2) is 5.48. The van der Waals surface area contributed by atoms with Gasteiger partial charge in [-0.1, -0.05) is 0 Å². The van der Waals surface area contributed by atoms with Gasteiger partial charge >= 0.3 is 5.97 Å². The Kier molecular flexibility index (Phi) is 3.67. The van der Waals surface area contributed by atoms with Crippen LogP contribution in [0.5, 0.6) is 11.5 Å². The van der Waals surface area contributed by atoms with Gasteiger partial charge < -0.3 is 19.9 Å². The molecule has 0 radical (unpaired) electrons. The van der Waals surface area contributed by atoms with E-state index in [1.807, 2.05) is 0 Å². The van der Waals surface area contributed by atoms with Gasteiger partial charge in [0.1, 0.15) is 18.8 Å². The van der Waals surface area contributed by atoms with Crippen molar-refractivity contribution in [2.24, 2.45) is 0 Å². The maximum Gasteiger partial charge on any atom is 0.330 e. The van der Waals surface area contributed by atoms with Gasteiger partial charge in [0.2, 0.25) is 0 Å². The summed E-state index contributed by atoms with van der Waals surface area (Å²) in [7, 11) is 0. The van der Waals surface area contributed by atoms with E-state index < -0.39 is 17.4 Å². The first-order chi connectivity index (χ1) is 10.1. The van der Waals surface area contributed by atoms with Crippen molar-refractivity contribution >= 4 is 23.6 Å². The Morgan fingerprint density at radius 3 is 2.67 bits per heavy atom. The first-order valence-corrected chi connectivity index (χ1v) is 7.79. The fourth-order valence-electron chi connectivity index (χ4n) is 2.36. The minimum absolute atomic E-state index is 0.372. The third-order valence-corrected chi connectivity index (χ3v) is 4.78. The Balaban J connectivity index is 1.80. The van der Waals surface area contributed by atoms with Gasteiger partial charge in [-0.15, -0.1) is 0 Å². The van der Waals surface area contributed by atoms with E-state index in [2.05, 4.69) is 5.32 Å². The zero-order valence-electron chi connectivity index (χ0n) is 11.3. The molecule has 0 bridgehead atoms. The SMILES string of the molecule is O=C(N[C@@]1(C(=O)O)CCSC1)c1ccc2c(c1)OCCO2. The third kappa shape index (κ3) is 2.65. The number of ether oxygens (including phenoxy) is 2. The molecule has 2 N–H and O–H groups in total. The molecule has 0 aromatic heterocycles. The molecule has 0 aliphatic carbocycles.